The Hall–Kier alpha value is -2.70. The summed E-state index contributed by atoms with van der Waals surface area (Å²) >= 11 is 0. The molecule has 0 aliphatic carbocycles. The number of benzene rings is 1. The Labute approximate surface area is 126 Å². The van der Waals surface area contributed by atoms with Crippen molar-refractivity contribution in [3.8, 4) is 0 Å². The van der Waals surface area contributed by atoms with E-state index < -0.39 is 23.7 Å². The zero-order valence-electron chi connectivity index (χ0n) is 11.9. The summed E-state index contributed by atoms with van der Waals surface area (Å²) in [5.74, 6) is -2.85. The van der Waals surface area contributed by atoms with Crippen LogP contribution >= 0.6 is 0 Å². The number of hydrogen-bond donors (Lipinski definition) is 0. The Morgan fingerprint density at radius 1 is 1.18 bits per heavy atom. The van der Waals surface area contributed by atoms with Crippen molar-refractivity contribution in [3.63, 3.8) is 0 Å². The van der Waals surface area contributed by atoms with Crippen LogP contribution in [0.4, 0.5) is 0 Å². The molecule has 0 saturated carbocycles. The molecule has 1 aromatic carbocycles. The molecule has 1 fully saturated rings. The fourth-order valence-corrected chi connectivity index (χ4v) is 2.65. The summed E-state index contributed by atoms with van der Waals surface area (Å²) in [5, 5.41) is 0.478. The summed E-state index contributed by atoms with van der Waals surface area (Å²) in [6.45, 7) is 2.57. The van der Waals surface area contributed by atoms with Crippen molar-refractivity contribution in [2.45, 2.75) is 13.3 Å². The van der Waals surface area contributed by atoms with Crippen LogP contribution in [0.2, 0.25) is 0 Å². The molecule has 0 aromatic heterocycles. The number of nitrogens with zero attached hydrogens (tertiary/aromatic N) is 2. The van der Waals surface area contributed by atoms with Gasteiger partial charge >= 0.3 is 5.97 Å². The molecule has 0 spiro atoms. The molecule has 114 valence electrons. The quantitative estimate of drug-likeness (QED) is 0.764. The first kappa shape index (κ1) is 14.2. The third-order valence-electron chi connectivity index (χ3n) is 3.87. The summed E-state index contributed by atoms with van der Waals surface area (Å²) in [5.41, 5.74) is 0.413. The minimum Gasteiger partial charge on any atom is -0.342 e. The van der Waals surface area contributed by atoms with Gasteiger partial charge in [-0.25, -0.2) is 4.79 Å². The fraction of sp³-hybridized carbons (Fsp3) is 0.333. The van der Waals surface area contributed by atoms with Crippen molar-refractivity contribution >= 4 is 23.7 Å². The van der Waals surface area contributed by atoms with E-state index in [9.17, 15) is 19.2 Å². The molecule has 1 aromatic rings. The molecule has 3 amide bonds. The predicted molar refractivity (Wildman–Crippen MR) is 73.4 cm³/mol. The van der Waals surface area contributed by atoms with E-state index in [1.54, 1.807) is 12.1 Å². The van der Waals surface area contributed by atoms with Crippen molar-refractivity contribution in [3.05, 3.63) is 35.4 Å². The van der Waals surface area contributed by atoms with Gasteiger partial charge in [0.05, 0.1) is 17.0 Å². The smallest absolute Gasteiger partial charge is 0.338 e. The minimum atomic E-state index is -0.737. The highest BCUT2D eigenvalue weighted by Crippen LogP contribution is 2.25. The van der Waals surface area contributed by atoms with Gasteiger partial charge in [-0.2, -0.15) is 0 Å². The van der Waals surface area contributed by atoms with Crippen LogP contribution in [-0.2, 0) is 14.4 Å². The lowest BCUT2D eigenvalue weighted by Crippen LogP contribution is -2.36. The molecule has 1 saturated heterocycles. The molecule has 0 radical (unpaired) electrons. The third kappa shape index (κ3) is 2.14. The molecule has 22 heavy (non-hydrogen) atoms. The molecule has 1 atom stereocenters. The van der Waals surface area contributed by atoms with Gasteiger partial charge in [-0.1, -0.05) is 17.2 Å². The van der Waals surface area contributed by atoms with Gasteiger partial charge in [0.15, 0.2) is 0 Å². The predicted octanol–water partition coefficient (Wildman–Crippen LogP) is 0.609. The second-order valence-electron chi connectivity index (χ2n) is 5.19. The Balaban J connectivity index is 1.73. The molecule has 0 bridgehead atoms. The standard InChI is InChI=1S/C15H14N2O5/c1-2-16-8-9(7-12(16)18)15(21)22-17-13(19)10-5-3-4-6-11(10)14(17)20/h3-6,9H,2,7-8H2,1H3. The summed E-state index contributed by atoms with van der Waals surface area (Å²) in [6.07, 6.45) is 0.0375. The lowest BCUT2D eigenvalue weighted by Gasteiger charge is -2.16. The largest absolute Gasteiger partial charge is 0.342 e. The number of imide groups is 1. The second kappa shape index (κ2) is 5.25. The Morgan fingerprint density at radius 3 is 2.27 bits per heavy atom. The highest BCUT2D eigenvalue weighted by Gasteiger charge is 2.42. The molecule has 2 aliphatic heterocycles. The van der Waals surface area contributed by atoms with E-state index in [0.717, 1.165) is 0 Å². The zero-order chi connectivity index (χ0) is 15.9. The van der Waals surface area contributed by atoms with Crippen LogP contribution in [0.5, 0.6) is 0 Å². The average Bonchev–Trinajstić information content (AvgIpc) is 3.01. The van der Waals surface area contributed by atoms with Crippen LogP contribution in [0, 0.1) is 5.92 Å². The Morgan fingerprint density at radius 2 is 1.77 bits per heavy atom. The van der Waals surface area contributed by atoms with E-state index in [4.69, 9.17) is 4.84 Å². The summed E-state index contributed by atoms with van der Waals surface area (Å²) in [4.78, 5) is 54.4. The lowest BCUT2D eigenvalue weighted by atomic mass is 10.1. The van der Waals surface area contributed by atoms with E-state index in [0.29, 0.717) is 11.6 Å². The maximum atomic E-state index is 12.1. The normalized spacial score (nSPS) is 20.6. The van der Waals surface area contributed by atoms with Crippen molar-refractivity contribution in [1.29, 1.82) is 0 Å². The molecule has 2 heterocycles. The summed E-state index contributed by atoms with van der Waals surface area (Å²) < 4.78 is 0. The van der Waals surface area contributed by atoms with Crippen molar-refractivity contribution in [1.82, 2.24) is 9.96 Å². The van der Waals surface area contributed by atoms with E-state index in [-0.39, 0.29) is 30.0 Å². The van der Waals surface area contributed by atoms with Gasteiger partial charge in [0.2, 0.25) is 5.91 Å². The second-order valence-corrected chi connectivity index (χ2v) is 5.19. The number of hydroxylamine groups is 2. The number of likely N-dealkylation sites (tertiary alicyclic amines) is 1. The van der Waals surface area contributed by atoms with Crippen LogP contribution < -0.4 is 0 Å². The Kier molecular flexibility index (Phi) is 3.40. The third-order valence-corrected chi connectivity index (χ3v) is 3.87. The van der Waals surface area contributed by atoms with Gasteiger partial charge in [0, 0.05) is 19.5 Å². The Bertz CT molecular complexity index is 649. The number of carbonyl (C=O) groups excluding carboxylic acids is 4. The van der Waals surface area contributed by atoms with E-state index in [1.807, 2.05) is 6.92 Å². The monoisotopic (exact) mass is 302 g/mol. The number of fused-ring (bicyclic) bond motifs is 1. The van der Waals surface area contributed by atoms with Gasteiger partial charge in [0.1, 0.15) is 0 Å². The number of amides is 3. The molecule has 2 aliphatic rings. The zero-order valence-corrected chi connectivity index (χ0v) is 11.9. The minimum absolute atomic E-state index is 0.0375. The lowest BCUT2D eigenvalue weighted by molar-refractivity contribution is -0.173. The van der Waals surface area contributed by atoms with Crippen LogP contribution in [0.15, 0.2) is 24.3 Å². The van der Waals surface area contributed by atoms with Crippen LogP contribution in [0.1, 0.15) is 34.1 Å². The first-order valence-electron chi connectivity index (χ1n) is 7.00. The van der Waals surface area contributed by atoms with E-state index in [1.165, 1.54) is 17.0 Å². The highest BCUT2D eigenvalue weighted by molar-refractivity contribution is 6.20. The number of rotatable bonds is 3. The van der Waals surface area contributed by atoms with Crippen molar-refractivity contribution in [2.24, 2.45) is 5.92 Å². The highest BCUT2D eigenvalue weighted by atomic mass is 16.7. The maximum Gasteiger partial charge on any atom is 0.338 e. The van der Waals surface area contributed by atoms with Gasteiger partial charge in [-0.3, -0.25) is 14.4 Å². The van der Waals surface area contributed by atoms with Gasteiger partial charge < -0.3 is 9.74 Å². The van der Waals surface area contributed by atoms with Gasteiger partial charge in [0.25, 0.3) is 11.8 Å². The van der Waals surface area contributed by atoms with E-state index >= 15 is 0 Å². The average molecular weight is 302 g/mol. The first-order chi connectivity index (χ1) is 10.5. The maximum absolute atomic E-state index is 12.1. The number of carbonyl (C=O) groups is 4. The number of hydrogen-bond acceptors (Lipinski definition) is 5. The SMILES string of the molecule is CCN1CC(C(=O)ON2C(=O)c3ccccc3C2=O)CC1=O. The first-order valence-corrected chi connectivity index (χ1v) is 7.00. The molecular weight excluding hydrogens is 288 g/mol. The summed E-state index contributed by atoms with van der Waals surface area (Å²) in [6, 6.07) is 6.26. The fourth-order valence-electron chi connectivity index (χ4n) is 2.65. The van der Waals surface area contributed by atoms with Gasteiger partial charge in [-0.15, -0.1) is 0 Å². The molecule has 3 rings (SSSR count). The molecular formula is C15H14N2O5. The molecule has 0 N–H and O–H groups in total. The van der Waals surface area contributed by atoms with Crippen LogP contribution in [-0.4, -0.2) is 46.7 Å². The molecule has 7 nitrogen and oxygen atoms in total. The molecule has 1 unspecified atom stereocenters. The topological polar surface area (TPSA) is 84.0 Å². The van der Waals surface area contributed by atoms with Crippen molar-refractivity contribution in [2.75, 3.05) is 13.1 Å². The summed E-state index contributed by atoms with van der Waals surface area (Å²) in [7, 11) is 0. The van der Waals surface area contributed by atoms with Crippen LogP contribution in [0.3, 0.4) is 0 Å². The van der Waals surface area contributed by atoms with E-state index in [2.05, 4.69) is 0 Å². The molecule has 7 heteroatoms. The van der Waals surface area contributed by atoms with Crippen LogP contribution in [0.25, 0.3) is 0 Å². The van der Waals surface area contributed by atoms with Crippen molar-refractivity contribution < 1.29 is 24.0 Å². The van der Waals surface area contributed by atoms with Gasteiger partial charge in [-0.05, 0) is 19.1 Å².